The molecule has 1 heterocycles. The van der Waals surface area contributed by atoms with Crippen LogP contribution < -0.4 is 15.0 Å². The van der Waals surface area contributed by atoms with Crippen molar-refractivity contribution in [1.82, 2.24) is 14.9 Å². The smallest absolute Gasteiger partial charge is 0.258 e. The highest BCUT2D eigenvalue weighted by atomic mass is 35.5. The van der Waals surface area contributed by atoms with Crippen molar-refractivity contribution in [2.45, 2.75) is 20.0 Å². The number of fused-ring (bicyclic) bond motifs is 1. The highest BCUT2D eigenvalue weighted by Gasteiger charge is 2.22. The fourth-order valence-corrected chi connectivity index (χ4v) is 3.97. The third-order valence-corrected chi connectivity index (χ3v) is 5.55. The molecule has 34 heavy (non-hydrogen) atoms. The summed E-state index contributed by atoms with van der Waals surface area (Å²) in [6.07, 6.45) is 0. The zero-order valence-electron chi connectivity index (χ0n) is 18.9. The van der Waals surface area contributed by atoms with E-state index in [0.717, 1.165) is 5.56 Å². The summed E-state index contributed by atoms with van der Waals surface area (Å²) in [7, 11) is 1.49. The van der Waals surface area contributed by atoms with Gasteiger partial charge in [-0.05, 0) is 36.8 Å². The Balaban J connectivity index is 1.72. The van der Waals surface area contributed by atoms with E-state index in [1.807, 2.05) is 43.3 Å². The van der Waals surface area contributed by atoms with Crippen molar-refractivity contribution in [3.05, 3.63) is 99.1 Å². The van der Waals surface area contributed by atoms with E-state index in [1.54, 1.807) is 35.2 Å². The van der Waals surface area contributed by atoms with Crippen LogP contribution in [-0.2, 0) is 13.1 Å². The molecule has 0 atom stereocenters. The average Bonchev–Trinajstić information content (AvgIpc) is 2.85. The highest BCUT2D eigenvalue weighted by molar-refractivity contribution is 6.32. The standard InChI is InChI=1S/C26H24ClN3O4/c1-3-34-24-20(27)13-18(14-22(24)33-2)26(32)30(15-17-9-5-4-6-10-17)16-23-28-21-12-8-7-11-19(21)25(31)29-23/h4-14H,3,15-16H2,1-2H3,(H,28,29,31). The molecule has 1 N–H and O–H groups in total. The third kappa shape index (κ3) is 5.05. The van der Waals surface area contributed by atoms with E-state index < -0.39 is 0 Å². The number of benzene rings is 3. The molecule has 0 saturated heterocycles. The van der Waals surface area contributed by atoms with Gasteiger partial charge in [-0.15, -0.1) is 0 Å². The van der Waals surface area contributed by atoms with Crippen LogP contribution in [0.15, 0.2) is 71.5 Å². The third-order valence-electron chi connectivity index (χ3n) is 5.27. The van der Waals surface area contributed by atoms with Crippen LogP contribution in [0.25, 0.3) is 10.9 Å². The monoisotopic (exact) mass is 477 g/mol. The number of amides is 1. The number of rotatable bonds is 8. The molecule has 1 aromatic heterocycles. The highest BCUT2D eigenvalue weighted by Crippen LogP contribution is 2.37. The number of methoxy groups -OCH3 is 1. The molecule has 1 amide bonds. The number of carbonyl (C=O) groups excluding carboxylic acids is 1. The van der Waals surface area contributed by atoms with Crippen LogP contribution in [0.2, 0.25) is 5.02 Å². The lowest BCUT2D eigenvalue weighted by Crippen LogP contribution is -2.31. The lowest BCUT2D eigenvalue weighted by molar-refractivity contribution is 0.0725. The second kappa shape index (κ2) is 10.4. The molecule has 0 aliphatic carbocycles. The van der Waals surface area contributed by atoms with Gasteiger partial charge in [-0.2, -0.15) is 0 Å². The van der Waals surface area contributed by atoms with E-state index in [9.17, 15) is 9.59 Å². The first-order valence-electron chi connectivity index (χ1n) is 10.8. The predicted molar refractivity (Wildman–Crippen MR) is 132 cm³/mol. The molecule has 0 saturated carbocycles. The van der Waals surface area contributed by atoms with E-state index in [4.69, 9.17) is 21.1 Å². The van der Waals surface area contributed by atoms with Crippen LogP contribution in [0, 0.1) is 0 Å². The molecule has 0 aliphatic rings. The lowest BCUT2D eigenvalue weighted by atomic mass is 10.1. The van der Waals surface area contributed by atoms with Gasteiger partial charge in [0.1, 0.15) is 5.82 Å². The number of hydrogen-bond acceptors (Lipinski definition) is 5. The number of para-hydroxylation sites is 1. The summed E-state index contributed by atoms with van der Waals surface area (Å²) in [4.78, 5) is 35.2. The first kappa shape index (κ1) is 23.3. The fourth-order valence-electron chi connectivity index (χ4n) is 3.70. The zero-order chi connectivity index (χ0) is 24.1. The van der Waals surface area contributed by atoms with Crippen molar-refractivity contribution in [3.63, 3.8) is 0 Å². The first-order chi connectivity index (χ1) is 16.5. The Labute approximate surface area is 201 Å². The Morgan fingerprint density at radius 3 is 2.53 bits per heavy atom. The van der Waals surface area contributed by atoms with Gasteiger partial charge in [0.2, 0.25) is 0 Å². The van der Waals surface area contributed by atoms with Crippen LogP contribution in [-0.4, -0.2) is 34.5 Å². The molecule has 174 valence electrons. The maximum atomic E-state index is 13.6. The minimum Gasteiger partial charge on any atom is -0.493 e. The van der Waals surface area contributed by atoms with Crippen LogP contribution in [0.5, 0.6) is 11.5 Å². The second-order valence-electron chi connectivity index (χ2n) is 7.60. The summed E-state index contributed by atoms with van der Waals surface area (Å²) in [5.41, 5.74) is 1.59. The Morgan fingerprint density at radius 2 is 1.79 bits per heavy atom. The van der Waals surface area contributed by atoms with E-state index >= 15 is 0 Å². The molecular formula is C26H24ClN3O4. The summed E-state index contributed by atoms with van der Waals surface area (Å²) in [5, 5.41) is 0.775. The van der Waals surface area contributed by atoms with Gasteiger partial charge >= 0.3 is 0 Å². The van der Waals surface area contributed by atoms with Gasteiger partial charge in [0.25, 0.3) is 11.5 Å². The van der Waals surface area contributed by atoms with Gasteiger partial charge in [0, 0.05) is 12.1 Å². The number of aromatic amines is 1. The van der Waals surface area contributed by atoms with Gasteiger partial charge in [0.05, 0.1) is 36.2 Å². The minimum absolute atomic E-state index is 0.0982. The molecule has 3 aromatic carbocycles. The molecule has 0 bridgehead atoms. The molecule has 7 nitrogen and oxygen atoms in total. The summed E-state index contributed by atoms with van der Waals surface area (Å²) >= 11 is 6.41. The van der Waals surface area contributed by atoms with Crippen LogP contribution in [0.3, 0.4) is 0 Å². The van der Waals surface area contributed by atoms with Crippen LogP contribution >= 0.6 is 11.6 Å². The van der Waals surface area contributed by atoms with Crippen molar-refractivity contribution in [2.75, 3.05) is 13.7 Å². The van der Waals surface area contributed by atoms with Gasteiger partial charge in [0.15, 0.2) is 11.5 Å². The lowest BCUT2D eigenvalue weighted by Gasteiger charge is -2.23. The van der Waals surface area contributed by atoms with Gasteiger partial charge in [-0.1, -0.05) is 54.1 Å². The van der Waals surface area contributed by atoms with E-state index in [-0.39, 0.29) is 23.0 Å². The number of aromatic nitrogens is 2. The normalized spacial score (nSPS) is 10.8. The van der Waals surface area contributed by atoms with E-state index in [2.05, 4.69) is 9.97 Å². The molecule has 4 rings (SSSR count). The van der Waals surface area contributed by atoms with Crippen molar-refractivity contribution in [1.29, 1.82) is 0 Å². The Hall–Kier alpha value is -3.84. The summed E-state index contributed by atoms with van der Waals surface area (Å²) in [6.45, 7) is 2.66. The molecule has 0 radical (unpaired) electrons. The summed E-state index contributed by atoms with van der Waals surface area (Å²) in [5.74, 6) is 0.854. The number of carbonyl (C=O) groups is 1. The Bertz CT molecular complexity index is 1370. The minimum atomic E-state index is -0.289. The number of nitrogens with zero attached hydrogens (tertiary/aromatic N) is 2. The zero-order valence-corrected chi connectivity index (χ0v) is 19.6. The predicted octanol–water partition coefficient (Wildman–Crippen LogP) is 4.83. The Morgan fingerprint density at radius 1 is 1.06 bits per heavy atom. The topological polar surface area (TPSA) is 84.5 Å². The maximum absolute atomic E-state index is 13.6. The molecule has 0 spiro atoms. The maximum Gasteiger partial charge on any atom is 0.258 e. The molecular weight excluding hydrogens is 454 g/mol. The van der Waals surface area contributed by atoms with Gasteiger partial charge < -0.3 is 19.4 Å². The number of halogens is 1. The molecule has 0 fully saturated rings. The Kier molecular flexibility index (Phi) is 7.13. The fraction of sp³-hybridized carbons (Fsp3) is 0.192. The van der Waals surface area contributed by atoms with E-state index in [1.165, 1.54) is 7.11 Å². The van der Waals surface area contributed by atoms with Crippen LogP contribution in [0.4, 0.5) is 0 Å². The van der Waals surface area contributed by atoms with Crippen molar-refractivity contribution in [3.8, 4) is 11.5 Å². The molecule has 8 heteroatoms. The quantitative estimate of drug-likeness (QED) is 0.393. The summed E-state index contributed by atoms with van der Waals surface area (Å²) in [6, 6.07) is 19.9. The average molecular weight is 478 g/mol. The first-order valence-corrected chi connectivity index (χ1v) is 11.2. The van der Waals surface area contributed by atoms with Crippen molar-refractivity contribution in [2.24, 2.45) is 0 Å². The summed E-state index contributed by atoms with van der Waals surface area (Å²) < 4.78 is 11.0. The largest absolute Gasteiger partial charge is 0.493 e. The van der Waals surface area contributed by atoms with Crippen molar-refractivity contribution >= 4 is 28.4 Å². The number of hydrogen-bond donors (Lipinski definition) is 1. The SMILES string of the molecule is CCOc1c(Cl)cc(C(=O)N(Cc2ccccc2)Cc2nc3ccccc3c(=O)[nH]2)cc1OC. The number of nitrogens with one attached hydrogen (secondary N) is 1. The number of H-pyrrole nitrogens is 1. The number of ether oxygens (including phenoxy) is 2. The van der Waals surface area contributed by atoms with Gasteiger partial charge in [-0.25, -0.2) is 4.98 Å². The van der Waals surface area contributed by atoms with E-state index in [0.29, 0.717) is 46.9 Å². The van der Waals surface area contributed by atoms with Crippen LogP contribution in [0.1, 0.15) is 28.7 Å². The molecule has 0 aliphatic heterocycles. The molecule has 4 aromatic rings. The molecule has 0 unspecified atom stereocenters. The van der Waals surface area contributed by atoms with Crippen molar-refractivity contribution < 1.29 is 14.3 Å². The second-order valence-corrected chi connectivity index (χ2v) is 8.01. The van der Waals surface area contributed by atoms with Gasteiger partial charge in [-0.3, -0.25) is 9.59 Å².